The van der Waals surface area contributed by atoms with Gasteiger partial charge < -0.3 is 15.7 Å². The summed E-state index contributed by atoms with van der Waals surface area (Å²) in [5.41, 5.74) is 7.82. The fourth-order valence-electron chi connectivity index (χ4n) is 1.99. The predicted molar refractivity (Wildman–Crippen MR) is 71.0 cm³/mol. The van der Waals surface area contributed by atoms with Crippen molar-refractivity contribution in [2.75, 3.05) is 23.7 Å². The molecule has 0 amide bonds. The highest BCUT2D eigenvalue weighted by atomic mass is 127. The molecule has 0 spiro atoms. The average Bonchev–Trinajstić information content (AvgIpc) is 2.17. The number of rotatable bonds is 1. The number of aliphatic hydroxyl groups excluding tert-OH is 1. The van der Waals surface area contributed by atoms with Crippen molar-refractivity contribution in [2.45, 2.75) is 18.9 Å². The molecule has 1 atom stereocenters. The van der Waals surface area contributed by atoms with Crippen molar-refractivity contribution in [3.8, 4) is 0 Å². The summed E-state index contributed by atoms with van der Waals surface area (Å²) in [5.74, 6) is 0. The lowest BCUT2D eigenvalue weighted by Crippen LogP contribution is -2.38. The monoisotopic (exact) mass is 318 g/mol. The fourth-order valence-corrected chi connectivity index (χ4v) is 2.50. The molecule has 0 aromatic heterocycles. The first-order valence-electron chi connectivity index (χ1n) is 5.15. The van der Waals surface area contributed by atoms with E-state index in [-0.39, 0.29) is 6.10 Å². The van der Waals surface area contributed by atoms with Crippen LogP contribution in [0.15, 0.2) is 18.2 Å². The van der Waals surface area contributed by atoms with Crippen LogP contribution in [0.5, 0.6) is 0 Å². The van der Waals surface area contributed by atoms with Gasteiger partial charge in [0.15, 0.2) is 0 Å². The lowest BCUT2D eigenvalue weighted by Gasteiger charge is -2.32. The number of nitrogens with zero attached hydrogens (tertiary/aromatic N) is 1. The topological polar surface area (TPSA) is 49.5 Å². The molecule has 1 saturated heterocycles. The van der Waals surface area contributed by atoms with E-state index < -0.39 is 0 Å². The molecule has 0 aliphatic carbocycles. The van der Waals surface area contributed by atoms with Gasteiger partial charge in [-0.3, -0.25) is 0 Å². The number of anilines is 2. The van der Waals surface area contributed by atoms with Gasteiger partial charge in [-0.2, -0.15) is 0 Å². The zero-order valence-electron chi connectivity index (χ0n) is 8.49. The van der Waals surface area contributed by atoms with E-state index in [4.69, 9.17) is 5.73 Å². The Morgan fingerprint density at radius 2 is 2.27 bits per heavy atom. The number of aliphatic hydroxyl groups is 1. The number of hydrogen-bond acceptors (Lipinski definition) is 3. The Labute approximate surface area is 103 Å². The van der Waals surface area contributed by atoms with E-state index in [9.17, 15) is 5.11 Å². The largest absolute Gasteiger partial charge is 0.397 e. The van der Waals surface area contributed by atoms with Crippen molar-refractivity contribution in [3.63, 3.8) is 0 Å². The Morgan fingerprint density at radius 3 is 2.93 bits per heavy atom. The summed E-state index contributed by atoms with van der Waals surface area (Å²) in [7, 11) is 0. The zero-order chi connectivity index (χ0) is 10.8. The normalized spacial score (nSPS) is 21.7. The number of hydrogen-bond donors (Lipinski definition) is 2. The van der Waals surface area contributed by atoms with Crippen molar-refractivity contribution < 1.29 is 5.11 Å². The maximum absolute atomic E-state index is 9.60. The van der Waals surface area contributed by atoms with Crippen LogP contribution in [0, 0.1) is 3.57 Å². The van der Waals surface area contributed by atoms with Crippen LogP contribution in [0.2, 0.25) is 0 Å². The van der Waals surface area contributed by atoms with Gasteiger partial charge in [-0.1, -0.05) is 0 Å². The van der Waals surface area contributed by atoms with Gasteiger partial charge in [-0.05, 0) is 53.6 Å². The molecular formula is C11H15IN2O. The molecule has 1 aromatic carbocycles. The van der Waals surface area contributed by atoms with Crippen molar-refractivity contribution in [2.24, 2.45) is 0 Å². The summed E-state index contributed by atoms with van der Waals surface area (Å²) in [6.45, 7) is 1.69. The first kappa shape index (κ1) is 11.0. The molecule has 1 fully saturated rings. The van der Waals surface area contributed by atoms with E-state index in [0.29, 0.717) is 6.54 Å². The second-order valence-corrected chi connectivity index (χ2v) is 5.19. The Bertz CT molecular complexity index is 356. The van der Waals surface area contributed by atoms with Gasteiger partial charge in [-0.15, -0.1) is 0 Å². The molecule has 3 nitrogen and oxygen atoms in total. The van der Waals surface area contributed by atoms with Gasteiger partial charge in [-0.25, -0.2) is 0 Å². The van der Waals surface area contributed by atoms with Crippen LogP contribution in [0.25, 0.3) is 0 Å². The first-order valence-corrected chi connectivity index (χ1v) is 6.23. The molecule has 0 radical (unpaired) electrons. The van der Waals surface area contributed by atoms with Gasteiger partial charge in [0.25, 0.3) is 0 Å². The van der Waals surface area contributed by atoms with Crippen molar-refractivity contribution in [1.29, 1.82) is 0 Å². The highest BCUT2D eigenvalue weighted by Gasteiger charge is 2.19. The van der Waals surface area contributed by atoms with E-state index in [0.717, 1.165) is 34.3 Å². The summed E-state index contributed by atoms with van der Waals surface area (Å²) >= 11 is 2.25. The molecule has 1 aliphatic rings. The number of piperidine rings is 1. The first-order chi connectivity index (χ1) is 7.16. The smallest absolute Gasteiger partial charge is 0.0715 e. The van der Waals surface area contributed by atoms with E-state index in [2.05, 4.69) is 27.5 Å². The minimum atomic E-state index is -0.211. The highest BCUT2D eigenvalue weighted by Crippen LogP contribution is 2.27. The number of benzene rings is 1. The number of nitrogens with two attached hydrogens (primary N) is 1. The Kier molecular flexibility index (Phi) is 3.35. The maximum atomic E-state index is 9.60. The molecule has 1 aromatic rings. The van der Waals surface area contributed by atoms with Crippen molar-refractivity contribution >= 4 is 34.0 Å². The molecule has 1 unspecified atom stereocenters. The number of β-amino-alcohol motifs (C(OH)–C–C–N with tert-alkyl or cyclic N) is 1. The van der Waals surface area contributed by atoms with Gasteiger partial charge in [0.05, 0.1) is 17.5 Å². The molecule has 2 rings (SSSR count). The molecule has 0 bridgehead atoms. The Hall–Kier alpha value is -0.490. The third-order valence-electron chi connectivity index (χ3n) is 2.73. The summed E-state index contributed by atoms with van der Waals surface area (Å²) < 4.78 is 1.14. The van der Waals surface area contributed by atoms with E-state index in [1.165, 1.54) is 0 Å². The van der Waals surface area contributed by atoms with E-state index in [1.54, 1.807) is 0 Å². The highest BCUT2D eigenvalue weighted by molar-refractivity contribution is 14.1. The van der Waals surface area contributed by atoms with Crippen LogP contribution in [0.1, 0.15) is 12.8 Å². The average molecular weight is 318 g/mol. The summed E-state index contributed by atoms with van der Waals surface area (Å²) in [4.78, 5) is 2.17. The SMILES string of the molecule is Nc1cc(I)ccc1N1CCCC(O)C1. The van der Waals surface area contributed by atoms with Crippen molar-refractivity contribution in [1.82, 2.24) is 0 Å². The molecule has 82 valence electrons. The number of halogens is 1. The van der Waals surface area contributed by atoms with Crippen LogP contribution in [-0.4, -0.2) is 24.3 Å². The quantitative estimate of drug-likeness (QED) is 0.614. The zero-order valence-corrected chi connectivity index (χ0v) is 10.6. The molecule has 0 saturated carbocycles. The second kappa shape index (κ2) is 4.57. The molecule has 1 heterocycles. The standard InChI is InChI=1S/C11H15IN2O/c12-8-3-4-11(10(13)6-8)14-5-1-2-9(15)7-14/h3-4,6,9,15H,1-2,5,7,13H2. The third kappa shape index (κ3) is 2.55. The minimum absolute atomic E-state index is 0.211. The molecule has 1 aliphatic heterocycles. The molecule has 4 heteroatoms. The fraction of sp³-hybridized carbons (Fsp3) is 0.455. The second-order valence-electron chi connectivity index (χ2n) is 3.95. The van der Waals surface area contributed by atoms with Gasteiger partial charge >= 0.3 is 0 Å². The van der Waals surface area contributed by atoms with Crippen LogP contribution < -0.4 is 10.6 Å². The van der Waals surface area contributed by atoms with Gasteiger partial charge in [0.2, 0.25) is 0 Å². The van der Waals surface area contributed by atoms with Crippen molar-refractivity contribution in [3.05, 3.63) is 21.8 Å². The molecular weight excluding hydrogens is 303 g/mol. The third-order valence-corrected chi connectivity index (χ3v) is 3.40. The lowest BCUT2D eigenvalue weighted by molar-refractivity contribution is 0.154. The predicted octanol–water partition coefficient (Wildman–Crippen LogP) is 1.83. The summed E-state index contributed by atoms with van der Waals surface area (Å²) in [6.07, 6.45) is 1.73. The Morgan fingerprint density at radius 1 is 1.47 bits per heavy atom. The molecule has 3 N–H and O–H groups in total. The van der Waals surface area contributed by atoms with E-state index in [1.807, 2.05) is 18.2 Å². The van der Waals surface area contributed by atoms with Crippen LogP contribution in [-0.2, 0) is 0 Å². The lowest BCUT2D eigenvalue weighted by atomic mass is 10.1. The van der Waals surface area contributed by atoms with Gasteiger partial charge in [0.1, 0.15) is 0 Å². The van der Waals surface area contributed by atoms with E-state index >= 15 is 0 Å². The molecule has 15 heavy (non-hydrogen) atoms. The number of nitrogen functional groups attached to an aromatic ring is 1. The van der Waals surface area contributed by atoms with Crippen LogP contribution in [0.3, 0.4) is 0 Å². The minimum Gasteiger partial charge on any atom is -0.397 e. The summed E-state index contributed by atoms with van der Waals surface area (Å²) in [5, 5.41) is 9.60. The maximum Gasteiger partial charge on any atom is 0.0715 e. The van der Waals surface area contributed by atoms with Crippen LogP contribution in [0.4, 0.5) is 11.4 Å². The van der Waals surface area contributed by atoms with Crippen LogP contribution >= 0.6 is 22.6 Å². The van der Waals surface area contributed by atoms with Gasteiger partial charge in [0, 0.05) is 16.7 Å². The Balaban J connectivity index is 2.21. The summed E-state index contributed by atoms with van der Waals surface area (Å²) in [6, 6.07) is 6.05.